The van der Waals surface area contributed by atoms with Crippen LogP contribution in [0.3, 0.4) is 0 Å². The molecule has 184 valence electrons. The second kappa shape index (κ2) is 16.6. The largest absolute Gasteiger partial charge is 0.494 e. The molecule has 0 spiro atoms. The molecule has 2 aromatic rings. The molecule has 0 N–H and O–H groups in total. The third-order valence-electron chi connectivity index (χ3n) is 3.98. The van der Waals surface area contributed by atoms with Gasteiger partial charge in [-0.15, -0.1) is 0 Å². The van der Waals surface area contributed by atoms with Crippen molar-refractivity contribution in [3.63, 3.8) is 0 Å². The third kappa shape index (κ3) is 12.0. The fourth-order valence-corrected chi connectivity index (χ4v) is 3.39. The van der Waals surface area contributed by atoms with Crippen molar-refractivity contribution in [2.45, 2.75) is 12.8 Å². The Morgan fingerprint density at radius 3 is 2.09 bits per heavy atom. The van der Waals surface area contributed by atoms with Crippen molar-refractivity contribution in [1.82, 2.24) is 0 Å². The Labute approximate surface area is 235 Å². The van der Waals surface area contributed by atoms with Gasteiger partial charge in [0, 0.05) is 12.1 Å². The highest BCUT2D eigenvalue weighted by Crippen LogP contribution is 2.37. The number of hydrogen-bond donors (Lipinski definition) is 0. The van der Waals surface area contributed by atoms with Gasteiger partial charge in [-0.25, -0.2) is 0 Å². The fraction of sp³-hybridized carbons (Fsp3) is 0.261. The molecule has 0 saturated heterocycles. The molecule has 0 aliphatic heterocycles. The smallest absolute Gasteiger partial charge is 0.156 e. The summed E-state index contributed by atoms with van der Waals surface area (Å²) in [6, 6.07) is 10.8. The molecule has 0 saturated carbocycles. The van der Waals surface area contributed by atoms with Gasteiger partial charge in [-0.1, -0.05) is 51.6 Å². The van der Waals surface area contributed by atoms with Crippen molar-refractivity contribution in [1.29, 1.82) is 0 Å². The summed E-state index contributed by atoms with van der Waals surface area (Å²) < 4.78 is 17.9. The molecule has 0 bridgehead atoms. The second-order valence-electron chi connectivity index (χ2n) is 6.52. The summed E-state index contributed by atoms with van der Waals surface area (Å²) >= 11 is 30.1. The number of ether oxygens (including phenoxy) is 3. The number of unbranched alkanes of at least 4 members (excludes halogenated alkanes) is 1. The molecule has 2 aromatic carbocycles. The highest BCUT2D eigenvalue weighted by Gasteiger charge is 2.10. The van der Waals surface area contributed by atoms with Crippen molar-refractivity contribution >= 4 is 84.5 Å². The van der Waals surface area contributed by atoms with E-state index in [4.69, 9.17) is 65.5 Å². The summed E-state index contributed by atoms with van der Waals surface area (Å²) in [4.78, 5) is 5.11. The molecule has 0 radical (unpaired) electrons. The molecule has 0 aromatic heterocycles. The van der Waals surface area contributed by atoms with E-state index in [0.29, 0.717) is 41.4 Å². The molecule has 11 heteroatoms. The first kappa shape index (κ1) is 29.1. The number of halogens is 6. The maximum atomic E-state index is 6.26. The topological polar surface area (TPSA) is 49.3 Å². The van der Waals surface area contributed by atoms with E-state index in [0.717, 1.165) is 27.5 Å². The van der Waals surface area contributed by atoms with Crippen LogP contribution in [0.1, 0.15) is 18.4 Å². The molecular weight excluding hydrogens is 656 g/mol. The molecule has 0 unspecified atom stereocenters. The highest BCUT2D eigenvalue weighted by molar-refractivity contribution is 9.28. The first-order chi connectivity index (χ1) is 16.3. The Bertz CT molecular complexity index is 970. The first-order valence-electron chi connectivity index (χ1n) is 10.0. The van der Waals surface area contributed by atoms with E-state index in [1.165, 1.54) is 6.08 Å². The minimum atomic E-state index is 0.126. The van der Waals surface area contributed by atoms with Gasteiger partial charge in [-0.05, 0) is 86.7 Å². The normalized spacial score (nSPS) is 10.6. The van der Waals surface area contributed by atoms with Crippen LogP contribution in [0, 0.1) is 0 Å². The lowest BCUT2D eigenvalue weighted by Gasteiger charge is -2.12. The lowest BCUT2D eigenvalue weighted by molar-refractivity contribution is 0.176. The predicted molar refractivity (Wildman–Crippen MR) is 148 cm³/mol. The fourth-order valence-electron chi connectivity index (χ4n) is 2.42. The number of oxime groups is 1. The van der Waals surface area contributed by atoms with Crippen molar-refractivity contribution in [2.75, 3.05) is 26.4 Å². The van der Waals surface area contributed by atoms with E-state index >= 15 is 0 Å². The average molecular weight is 677 g/mol. The van der Waals surface area contributed by atoms with Gasteiger partial charge >= 0.3 is 0 Å². The van der Waals surface area contributed by atoms with Crippen molar-refractivity contribution in [3.8, 4) is 17.2 Å². The Morgan fingerprint density at radius 1 is 0.824 bits per heavy atom. The van der Waals surface area contributed by atoms with Crippen LogP contribution in [-0.4, -0.2) is 32.6 Å². The summed E-state index contributed by atoms with van der Waals surface area (Å²) in [6.45, 7) is 1.57. The number of hydrogen-bond acceptors (Lipinski definition) is 5. The molecule has 34 heavy (non-hydrogen) atoms. The standard InChI is InChI=1S/C23H21Br2Cl4NO4/c24-21(25)7-12-34-30-15-16-3-5-17(6-4-16)31-9-1-2-10-33-23-19(26)13-18(14-20(23)27)32-11-8-22(28)29/h3-8,13-15H,1-2,9-12H2. The van der Waals surface area contributed by atoms with Gasteiger partial charge < -0.3 is 19.0 Å². The quantitative estimate of drug-likeness (QED) is 0.114. The van der Waals surface area contributed by atoms with E-state index in [1.807, 2.05) is 24.3 Å². The monoisotopic (exact) mass is 673 g/mol. The Balaban J connectivity index is 1.67. The van der Waals surface area contributed by atoms with E-state index in [9.17, 15) is 0 Å². The SMILES string of the molecule is ClC(Cl)=CCOc1cc(Cl)c(OCCCCOc2ccc(C=NOCC=C(Br)Br)cc2)c(Cl)c1. The van der Waals surface area contributed by atoms with Crippen LogP contribution in [-0.2, 0) is 4.84 Å². The third-order valence-corrected chi connectivity index (χ3v) is 5.50. The lowest BCUT2D eigenvalue weighted by Crippen LogP contribution is -2.03. The zero-order chi connectivity index (χ0) is 24.8. The molecule has 2 rings (SSSR count). The molecule has 0 aliphatic rings. The molecule has 0 atom stereocenters. The number of nitrogens with zero attached hydrogens (tertiary/aromatic N) is 1. The van der Waals surface area contributed by atoms with Gasteiger partial charge in [-0.2, -0.15) is 0 Å². The van der Waals surface area contributed by atoms with Crippen LogP contribution in [0.15, 0.2) is 61.6 Å². The molecule has 0 fully saturated rings. The predicted octanol–water partition coefficient (Wildman–Crippen LogP) is 8.91. The van der Waals surface area contributed by atoms with Crippen LogP contribution in [0.5, 0.6) is 17.2 Å². The van der Waals surface area contributed by atoms with Crippen molar-refractivity contribution < 1.29 is 19.0 Å². The zero-order valence-electron chi connectivity index (χ0n) is 17.8. The van der Waals surface area contributed by atoms with E-state index in [1.54, 1.807) is 24.4 Å². The molecule has 5 nitrogen and oxygen atoms in total. The van der Waals surface area contributed by atoms with E-state index in [2.05, 4.69) is 37.0 Å². The summed E-state index contributed by atoms with van der Waals surface area (Å²) in [5, 5.41) is 4.62. The van der Waals surface area contributed by atoms with Crippen molar-refractivity contribution in [3.05, 3.63) is 72.0 Å². The van der Waals surface area contributed by atoms with Gasteiger partial charge in [-0.3, -0.25) is 0 Å². The van der Waals surface area contributed by atoms with Crippen LogP contribution >= 0.6 is 78.3 Å². The van der Waals surface area contributed by atoms with Crippen LogP contribution in [0.2, 0.25) is 10.0 Å². The van der Waals surface area contributed by atoms with Gasteiger partial charge in [0.25, 0.3) is 0 Å². The minimum absolute atomic E-state index is 0.126. The summed E-state index contributed by atoms with van der Waals surface area (Å²) in [7, 11) is 0. The summed E-state index contributed by atoms with van der Waals surface area (Å²) in [5.74, 6) is 1.68. The van der Waals surface area contributed by atoms with Crippen molar-refractivity contribution in [2.24, 2.45) is 5.16 Å². The highest BCUT2D eigenvalue weighted by atomic mass is 79.9. The summed E-state index contributed by atoms with van der Waals surface area (Å²) in [6.07, 6.45) is 6.52. The first-order valence-corrected chi connectivity index (χ1v) is 13.1. The van der Waals surface area contributed by atoms with Gasteiger partial charge in [0.05, 0.1) is 32.9 Å². The number of benzene rings is 2. The zero-order valence-corrected chi connectivity index (χ0v) is 24.0. The second-order valence-corrected chi connectivity index (χ2v) is 11.1. The summed E-state index contributed by atoms with van der Waals surface area (Å²) in [5.41, 5.74) is 0.909. The molecule has 0 aliphatic carbocycles. The molecular formula is C23H21Br2Cl4NO4. The van der Waals surface area contributed by atoms with Crippen LogP contribution in [0.4, 0.5) is 0 Å². The Morgan fingerprint density at radius 2 is 1.47 bits per heavy atom. The Kier molecular flexibility index (Phi) is 14.2. The van der Waals surface area contributed by atoms with Gasteiger partial charge in [0.15, 0.2) is 5.75 Å². The maximum Gasteiger partial charge on any atom is 0.156 e. The van der Waals surface area contributed by atoms with E-state index < -0.39 is 0 Å². The van der Waals surface area contributed by atoms with E-state index in [-0.39, 0.29) is 11.1 Å². The molecule has 0 amide bonds. The van der Waals surface area contributed by atoms with Gasteiger partial charge in [0.2, 0.25) is 0 Å². The number of rotatable bonds is 14. The maximum absolute atomic E-state index is 6.26. The average Bonchev–Trinajstić information content (AvgIpc) is 2.78. The van der Waals surface area contributed by atoms with Crippen LogP contribution < -0.4 is 14.2 Å². The Hall–Kier alpha value is -1.09. The lowest BCUT2D eigenvalue weighted by atomic mass is 10.2. The van der Waals surface area contributed by atoms with Gasteiger partial charge in [0.1, 0.15) is 29.2 Å². The van der Waals surface area contributed by atoms with Crippen LogP contribution in [0.25, 0.3) is 0 Å². The minimum Gasteiger partial charge on any atom is -0.494 e. The molecule has 0 heterocycles.